The van der Waals surface area contributed by atoms with E-state index in [1.54, 1.807) is 20.8 Å². The SMILES string of the molecule is CCCn1cc(S(=O)(=O)NOC(C)(C)C)cc1C(=O)O. The lowest BCUT2D eigenvalue weighted by Gasteiger charge is -2.18. The predicted octanol–water partition coefficient (Wildman–Crippen LogP) is 1.60. The molecule has 0 aliphatic rings. The van der Waals surface area contributed by atoms with Gasteiger partial charge in [-0.15, -0.1) is 0 Å². The first-order valence-corrected chi connectivity index (χ1v) is 7.68. The van der Waals surface area contributed by atoms with Gasteiger partial charge in [-0.05, 0) is 33.3 Å². The zero-order chi connectivity index (χ0) is 15.6. The average molecular weight is 304 g/mol. The molecule has 0 atom stereocenters. The number of carbonyl (C=O) groups is 1. The summed E-state index contributed by atoms with van der Waals surface area (Å²) in [7, 11) is -3.90. The van der Waals surface area contributed by atoms with Crippen LogP contribution in [0.15, 0.2) is 17.2 Å². The zero-order valence-corrected chi connectivity index (χ0v) is 12.8. The van der Waals surface area contributed by atoms with E-state index in [4.69, 9.17) is 9.94 Å². The average Bonchev–Trinajstić information content (AvgIpc) is 2.71. The molecule has 1 heterocycles. The quantitative estimate of drug-likeness (QED) is 0.778. The van der Waals surface area contributed by atoms with Crippen molar-refractivity contribution in [1.82, 2.24) is 9.45 Å². The van der Waals surface area contributed by atoms with Gasteiger partial charge in [-0.1, -0.05) is 11.8 Å². The van der Waals surface area contributed by atoms with Crippen LogP contribution in [-0.4, -0.2) is 29.7 Å². The number of aryl methyl sites for hydroxylation is 1. The summed E-state index contributed by atoms with van der Waals surface area (Å²) in [6, 6.07) is 1.12. The number of carboxylic acid groups (broad SMARTS) is 1. The van der Waals surface area contributed by atoms with Gasteiger partial charge >= 0.3 is 5.97 Å². The molecule has 0 fully saturated rings. The number of carboxylic acids is 1. The summed E-state index contributed by atoms with van der Waals surface area (Å²) in [5.41, 5.74) is -0.753. The first-order chi connectivity index (χ1) is 9.07. The second kappa shape index (κ2) is 5.94. The molecule has 0 aliphatic carbocycles. The normalized spacial score (nSPS) is 12.6. The molecule has 0 radical (unpaired) electrons. The maximum atomic E-state index is 12.0. The van der Waals surface area contributed by atoms with Crippen LogP contribution >= 0.6 is 0 Å². The van der Waals surface area contributed by atoms with Gasteiger partial charge in [0.25, 0.3) is 10.0 Å². The van der Waals surface area contributed by atoms with E-state index in [2.05, 4.69) is 0 Å². The first kappa shape index (κ1) is 16.7. The molecule has 1 aromatic rings. The van der Waals surface area contributed by atoms with Crippen molar-refractivity contribution < 1.29 is 23.2 Å². The van der Waals surface area contributed by atoms with Crippen molar-refractivity contribution in [3.63, 3.8) is 0 Å². The highest BCUT2D eigenvalue weighted by molar-refractivity contribution is 7.89. The molecule has 0 spiro atoms. The lowest BCUT2D eigenvalue weighted by Crippen LogP contribution is -2.33. The molecule has 0 saturated carbocycles. The van der Waals surface area contributed by atoms with Crippen LogP contribution in [0, 0.1) is 0 Å². The summed E-state index contributed by atoms with van der Waals surface area (Å²) in [6.07, 6.45) is 1.99. The molecule has 0 aromatic carbocycles. The van der Waals surface area contributed by atoms with Crippen molar-refractivity contribution >= 4 is 16.0 Å². The number of hydrogen-bond acceptors (Lipinski definition) is 4. The Balaban J connectivity index is 3.07. The van der Waals surface area contributed by atoms with Gasteiger partial charge in [0.15, 0.2) is 0 Å². The minimum Gasteiger partial charge on any atom is -0.477 e. The summed E-state index contributed by atoms with van der Waals surface area (Å²) in [5, 5.41) is 9.06. The number of sulfonamides is 1. The van der Waals surface area contributed by atoms with Gasteiger partial charge in [0.2, 0.25) is 0 Å². The van der Waals surface area contributed by atoms with Crippen LogP contribution in [0.2, 0.25) is 0 Å². The fraction of sp³-hybridized carbons (Fsp3) is 0.583. The fourth-order valence-corrected chi connectivity index (χ4v) is 2.45. The van der Waals surface area contributed by atoms with E-state index in [0.717, 1.165) is 6.07 Å². The minimum atomic E-state index is -3.90. The van der Waals surface area contributed by atoms with Gasteiger partial charge in [0, 0.05) is 12.7 Å². The van der Waals surface area contributed by atoms with Gasteiger partial charge < -0.3 is 9.67 Å². The van der Waals surface area contributed by atoms with Crippen molar-refractivity contribution in [1.29, 1.82) is 0 Å². The Morgan fingerprint density at radius 3 is 2.50 bits per heavy atom. The van der Waals surface area contributed by atoms with E-state index in [-0.39, 0.29) is 10.6 Å². The Bertz CT molecular complexity index is 583. The van der Waals surface area contributed by atoms with Gasteiger partial charge in [-0.2, -0.15) is 0 Å². The smallest absolute Gasteiger partial charge is 0.352 e. The summed E-state index contributed by atoms with van der Waals surface area (Å²) in [4.78, 5) is 18.0. The number of aromatic nitrogens is 1. The van der Waals surface area contributed by atoms with Crippen LogP contribution in [0.1, 0.15) is 44.6 Å². The van der Waals surface area contributed by atoms with Crippen LogP contribution < -0.4 is 4.89 Å². The molecule has 1 rings (SSSR count). The Kier molecular flexibility index (Phi) is 4.95. The summed E-state index contributed by atoms with van der Waals surface area (Å²) < 4.78 is 25.5. The molecule has 0 amide bonds. The van der Waals surface area contributed by atoms with E-state index in [1.807, 2.05) is 11.8 Å². The summed E-state index contributed by atoms with van der Waals surface area (Å²) >= 11 is 0. The Hall–Kier alpha value is -1.38. The van der Waals surface area contributed by atoms with E-state index >= 15 is 0 Å². The number of nitrogens with zero attached hydrogens (tertiary/aromatic N) is 1. The van der Waals surface area contributed by atoms with E-state index in [0.29, 0.717) is 13.0 Å². The van der Waals surface area contributed by atoms with E-state index < -0.39 is 21.6 Å². The summed E-state index contributed by atoms with van der Waals surface area (Å²) in [5.74, 6) is -1.17. The van der Waals surface area contributed by atoms with Gasteiger partial charge in [0.1, 0.15) is 10.6 Å². The molecular formula is C12H20N2O5S. The largest absolute Gasteiger partial charge is 0.477 e. The first-order valence-electron chi connectivity index (χ1n) is 6.20. The van der Waals surface area contributed by atoms with Gasteiger partial charge in [-0.3, -0.25) is 4.84 Å². The second-order valence-electron chi connectivity index (χ2n) is 5.36. The number of aromatic carboxylic acids is 1. The highest BCUT2D eigenvalue weighted by Crippen LogP contribution is 2.16. The molecule has 20 heavy (non-hydrogen) atoms. The lowest BCUT2D eigenvalue weighted by atomic mass is 10.2. The van der Waals surface area contributed by atoms with Crippen LogP contribution in [0.3, 0.4) is 0 Å². The van der Waals surface area contributed by atoms with Gasteiger partial charge in [0.05, 0.1) is 5.60 Å². The van der Waals surface area contributed by atoms with Crippen molar-refractivity contribution in [2.75, 3.05) is 0 Å². The number of nitrogens with one attached hydrogen (secondary N) is 1. The molecule has 0 aliphatic heterocycles. The molecule has 2 N–H and O–H groups in total. The van der Waals surface area contributed by atoms with Crippen molar-refractivity contribution in [3.05, 3.63) is 18.0 Å². The van der Waals surface area contributed by atoms with E-state index in [9.17, 15) is 13.2 Å². The lowest BCUT2D eigenvalue weighted by molar-refractivity contribution is -0.0357. The Morgan fingerprint density at radius 2 is 2.05 bits per heavy atom. The zero-order valence-electron chi connectivity index (χ0n) is 12.0. The van der Waals surface area contributed by atoms with Crippen LogP contribution in [0.5, 0.6) is 0 Å². The Labute approximate surface area is 118 Å². The maximum Gasteiger partial charge on any atom is 0.352 e. The number of hydrogen-bond donors (Lipinski definition) is 2. The fourth-order valence-electron chi connectivity index (χ4n) is 1.46. The monoisotopic (exact) mass is 304 g/mol. The standard InChI is InChI=1S/C12H20N2O5S/c1-5-6-14-8-9(7-10(14)11(15)16)20(17,18)13-19-12(2,3)4/h7-8,13H,5-6H2,1-4H3,(H,15,16). The molecule has 7 nitrogen and oxygen atoms in total. The third-order valence-electron chi connectivity index (χ3n) is 2.32. The third kappa shape index (κ3) is 4.32. The summed E-state index contributed by atoms with van der Waals surface area (Å²) in [6.45, 7) is 7.39. The molecule has 114 valence electrons. The van der Waals surface area contributed by atoms with E-state index in [1.165, 1.54) is 10.8 Å². The number of rotatable bonds is 6. The van der Waals surface area contributed by atoms with Crippen molar-refractivity contribution in [2.24, 2.45) is 0 Å². The molecule has 0 saturated heterocycles. The highest BCUT2D eigenvalue weighted by atomic mass is 32.2. The van der Waals surface area contributed by atoms with Crippen LogP contribution in [0.4, 0.5) is 0 Å². The third-order valence-corrected chi connectivity index (χ3v) is 3.47. The van der Waals surface area contributed by atoms with Crippen molar-refractivity contribution in [2.45, 2.75) is 51.2 Å². The molecule has 1 aromatic heterocycles. The predicted molar refractivity (Wildman–Crippen MR) is 72.8 cm³/mol. The highest BCUT2D eigenvalue weighted by Gasteiger charge is 2.23. The minimum absolute atomic E-state index is 0.0667. The topological polar surface area (TPSA) is 97.6 Å². The maximum absolute atomic E-state index is 12.0. The van der Waals surface area contributed by atoms with Gasteiger partial charge in [-0.25, -0.2) is 13.2 Å². The van der Waals surface area contributed by atoms with Crippen LogP contribution in [-0.2, 0) is 21.4 Å². The second-order valence-corrected chi connectivity index (χ2v) is 7.01. The Morgan fingerprint density at radius 1 is 1.45 bits per heavy atom. The van der Waals surface area contributed by atoms with Crippen molar-refractivity contribution in [3.8, 4) is 0 Å². The molecule has 0 bridgehead atoms. The van der Waals surface area contributed by atoms with Crippen LogP contribution in [0.25, 0.3) is 0 Å². The molecule has 0 unspecified atom stereocenters. The molecular weight excluding hydrogens is 284 g/mol. The molecule has 8 heteroatoms.